The Balaban J connectivity index is 1.53. The molecule has 2 aliphatic rings. The molecular weight excluding hydrogens is 402 g/mol. The molecule has 8 nitrogen and oxygen atoms in total. The number of fused-ring (bicyclic) bond motifs is 2. The number of aromatic nitrogens is 3. The van der Waals surface area contributed by atoms with E-state index in [9.17, 15) is 4.79 Å². The Morgan fingerprint density at radius 2 is 2.10 bits per heavy atom. The molecule has 0 atom stereocenters. The number of nitrogens with one attached hydrogen (secondary N) is 1. The van der Waals surface area contributed by atoms with Crippen LogP contribution in [0.5, 0.6) is 11.6 Å². The van der Waals surface area contributed by atoms with E-state index in [1.54, 1.807) is 13.2 Å². The Morgan fingerprint density at radius 1 is 1.23 bits per heavy atom. The molecule has 2 aromatic heterocycles. The molecule has 30 heavy (non-hydrogen) atoms. The summed E-state index contributed by atoms with van der Waals surface area (Å²) in [5, 5.41) is 12.2. The highest BCUT2D eigenvalue weighted by atomic mass is 32.1. The van der Waals surface area contributed by atoms with Crippen molar-refractivity contribution in [1.82, 2.24) is 20.5 Å². The molecule has 4 heterocycles. The number of carbonyl (C=O) groups excluding carboxylic acids is 1. The van der Waals surface area contributed by atoms with E-state index in [2.05, 4.69) is 20.4 Å². The van der Waals surface area contributed by atoms with Crippen molar-refractivity contribution in [2.24, 2.45) is 0 Å². The van der Waals surface area contributed by atoms with Gasteiger partial charge in [0.05, 0.1) is 30.7 Å². The molecular formula is C21H21N5O3S. The Labute approximate surface area is 177 Å². The predicted molar refractivity (Wildman–Crippen MR) is 114 cm³/mol. The van der Waals surface area contributed by atoms with Crippen LogP contribution in [0.15, 0.2) is 30.3 Å². The van der Waals surface area contributed by atoms with Crippen LogP contribution in [0.4, 0.5) is 10.8 Å². The molecule has 1 N–H and O–H groups in total. The largest absolute Gasteiger partial charge is 0.490 e. The van der Waals surface area contributed by atoms with E-state index < -0.39 is 0 Å². The highest BCUT2D eigenvalue weighted by Gasteiger charge is 2.34. The standard InChI is InChI=1S/C21H21N5O3S/c1-21(2)11-14-18(19(27)23-21)30-20(22-14)26-8-9-29-16-6-4-12(10-15(16)26)13-5-7-17(28-3)25-24-13/h4-7,10H,8-9,11H2,1-3H3,(H,23,27). The number of hydrogen-bond donors (Lipinski definition) is 1. The molecule has 0 unspecified atom stereocenters. The molecule has 0 saturated heterocycles. The van der Waals surface area contributed by atoms with E-state index in [0.717, 1.165) is 33.5 Å². The number of rotatable bonds is 3. The molecule has 0 fully saturated rings. The topological polar surface area (TPSA) is 89.5 Å². The average Bonchev–Trinajstić information content (AvgIpc) is 3.16. The molecule has 3 aromatic rings. The summed E-state index contributed by atoms with van der Waals surface area (Å²) in [4.78, 5) is 20.2. The second-order valence-electron chi connectivity index (χ2n) is 7.93. The zero-order valence-corrected chi connectivity index (χ0v) is 17.7. The minimum absolute atomic E-state index is 0.0549. The van der Waals surface area contributed by atoms with Gasteiger partial charge in [-0.2, -0.15) is 0 Å². The summed E-state index contributed by atoms with van der Waals surface area (Å²) in [6, 6.07) is 9.57. The van der Waals surface area contributed by atoms with Crippen molar-refractivity contribution in [3.8, 4) is 22.9 Å². The van der Waals surface area contributed by atoms with Crippen LogP contribution in [0.25, 0.3) is 11.3 Å². The number of carbonyl (C=O) groups is 1. The van der Waals surface area contributed by atoms with Crippen molar-refractivity contribution in [1.29, 1.82) is 0 Å². The SMILES string of the molecule is COc1ccc(-c2ccc3c(c2)N(c2nc4c(s2)C(=O)NC(C)(C)C4)CCO3)nn1. The maximum atomic E-state index is 12.5. The van der Waals surface area contributed by atoms with E-state index in [4.69, 9.17) is 14.5 Å². The van der Waals surface area contributed by atoms with E-state index in [0.29, 0.717) is 30.3 Å². The minimum Gasteiger partial charge on any atom is -0.490 e. The predicted octanol–water partition coefficient (Wildman–Crippen LogP) is 3.20. The van der Waals surface area contributed by atoms with Crippen LogP contribution in [-0.4, -0.2) is 46.9 Å². The molecule has 0 saturated carbocycles. The summed E-state index contributed by atoms with van der Waals surface area (Å²) in [5.74, 6) is 1.20. The van der Waals surface area contributed by atoms with Gasteiger partial charge in [0, 0.05) is 23.6 Å². The van der Waals surface area contributed by atoms with Gasteiger partial charge in [0.1, 0.15) is 17.2 Å². The number of benzene rings is 1. The lowest BCUT2D eigenvalue weighted by Crippen LogP contribution is -2.48. The third-order valence-electron chi connectivity index (χ3n) is 5.15. The molecule has 9 heteroatoms. The second-order valence-corrected chi connectivity index (χ2v) is 8.91. The molecule has 154 valence electrons. The molecule has 1 aromatic carbocycles. The van der Waals surface area contributed by atoms with Crippen molar-refractivity contribution < 1.29 is 14.3 Å². The van der Waals surface area contributed by atoms with Gasteiger partial charge in [0.25, 0.3) is 5.91 Å². The first-order chi connectivity index (χ1) is 14.4. The van der Waals surface area contributed by atoms with Gasteiger partial charge >= 0.3 is 0 Å². The zero-order chi connectivity index (χ0) is 20.9. The van der Waals surface area contributed by atoms with Crippen LogP contribution < -0.4 is 19.7 Å². The number of thiazole rings is 1. The fourth-order valence-electron chi connectivity index (χ4n) is 3.74. The van der Waals surface area contributed by atoms with Crippen LogP contribution in [0.1, 0.15) is 29.2 Å². The van der Waals surface area contributed by atoms with Gasteiger partial charge in [-0.3, -0.25) is 4.79 Å². The Kier molecular flexibility index (Phi) is 4.35. The van der Waals surface area contributed by atoms with Gasteiger partial charge in [0.15, 0.2) is 5.13 Å². The quantitative estimate of drug-likeness (QED) is 0.692. The van der Waals surface area contributed by atoms with Crippen molar-refractivity contribution in [3.05, 3.63) is 40.9 Å². The van der Waals surface area contributed by atoms with Crippen LogP contribution in [0.3, 0.4) is 0 Å². The fraction of sp³-hybridized carbons (Fsp3) is 0.333. The number of ether oxygens (including phenoxy) is 2. The highest BCUT2D eigenvalue weighted by molar-refractivity contribution is 7.17. The van der Waals surface area contributed by atoms with Gasteiger partial charge in [-0.05, 0) is 38.1 Å². The van der Waals surface area contributed by atoms with Crippen LogP contribution in [0.2, 0.25) is 0 Å². The second kappa shape index (κ2) is 6.94. The van der Waals surface area contributed by atoms with Gasteiger partial charge in [-0.25, -0.2) is 4.98 Å². The molecule has 0 aliphatic carbocycles. The van der Waals surface area contributed by atoms with Gasteiger partial charge in [-0.15, -0.1) is 10.2 Å². The van der Waals surface area contributed by atoms with Crippen molar-refractivity contribution in [2.75, 3.05) is 25.2 Å². The number of anilines is 2. The number of methoxy groups -OCH3 is 1. The molecule has 0 radical (unpaired) electrons. The Morgan fingerprint density at radius 3 is 2.87 bits per heavy atom. The van der Waals surface area contributed by atoms with Crippen molar-refractivity contribution in [3.63, 3.8) is 0 Å². The first kappa shape index (κ1) is 18.8. The summed E-state index contributed by atoms with van der Waals surface area (Å²) in [5.41, 5.74) is 3.12. The highest BCUT2D eigenvalue weighted by Crippen LogP contribution is 2.42. The van der Waals surface area contributed by atoms with Gasteiger partial charge < -0.3 is 19.7 Å². The number of amides is 1. The van der Waals surface area contributed by atoms with Crippen LogP contribution in [-0.2, 0) is 6.42 Å². The van der Waals surface area contributed by atoms with E-state index in [1.807, 2.05) is 38.1 Å². The smallest absolute Gasteiger partial charge is 0.263 e. The summed E-state index contributed by atoms with van der Waals surface area (Å²) < 4.78 is 11.0. The van der Waals surface area contributed by atoms with Gasteiger partial charge in [-0.1, -0.05) is 11.3 Å². The van der Waals surface area contributed by atoms with Crippen molar-refractivity contribution in [2.45, 2.75) is 25.8 Å². The van der Waals surface area contributed by atoms with E-state index in [-0.39, 0.29) is 11.4 Å². The molecule has 1 amide bonds. The van der Waals surface area contributed by atoms with Gasteiger partial charge in [0.2, 0.25) is 5.88 Å². The maximum absolute atomic E-state index is 12.5. The van der Waals surface area contributed by atoms with E-state index >= 15 is 0 Å². The minimum atomic E-state index is -0.293. The fourth-order valence-corrected chi connectivity index (χ4v) is 4.75. The molecule has 0 bridgehead atoms. The van der Waals surface area contributed by atoms with Crippen LogP contribution >= 0.6 is 11.3 Å². The molecule has 2 aliphatic heterocycles. The summed E-state index contributed by atoms with van der Waals surface area (Å²) >= 11 is 1.42. The summed E-state index contributed by atoms with van der Waals surface area (Å²) in [6.07, 6.45) is 0.712. The summed E-state index contributed by atoms with van der Waals surface area (Å²) in [7, 11) is 1.56. The third-order valence-corrected chi connectivity index (χ3v) is 6.27. The Bertz CT molecular complexity index is 1130. The lowest BCUT2D eigenvalue weighted by molar-refractivity contribution is 0.0901. The number of nitrogens with zero attached hydrogens (tertiary/aromatic N) is 4. The number of hydrogen-bond acceptors (Lipinski definition) is 8. The average molecular weight is 423 g/mol. The Hall–Kier alpha value is -3.20. The monoisotopic (exact) mass is 423 g/mol. The van der Waals surface area contributed by atoms with Crippen molar-refractivity contribution >= 4 is 28.1 Å². The zero-order valence-electron chi connectivity index (χ0n) is 16.9. The maximum Gasteiger partial charge on any atom is 0.263 e. The van der Waals surface area contributed by atoms with E-state index in [1.165, 1.54) is 11.3 Å². The molecule has 5 rings (SSSR count). The lowest BCUT2D eigenvalue weighted by atomic mass is 9.94. The summed E-state index contributed by atoms with van der Waals surface area (Å²) in [6.45, 7) is 5.23. The third kappa shape index (κ3) is 3.24. The first-order valence-electron chi connectivity index (χ1n) is 9.68. The normalized spacial score (nSPS) is 16.9. The first-order valence-corrected chi connectivity index (χ1v) is 10.5. The van der Waals surface area contributed by atoms with Crippen LogP contribution in [0, 0.1) is 0 Å². The molecule has 0 spiro atoms. The lowest BCUT2D eigenvalue weighted by Gasteiger charge is -2.29.